The van der Waals surface area contributed by atoms with Crippen molar-refractivity contribution in [3.63, 3.8) is 0 Å². The normalized spacial score (nSPS) is 17.5. The van der Waals surface area contributed by atoms with Gasteiger partial charge in [0, 0.05) is 18.2 Å². The minimum Gasteiger partial charge on any atom is -0.496 e. The van der Waals surface area contributed by atoms with Crippen LogP contribution in [0.1, 0.15) is 22.3 Å². The Morgan fingerprint density at radius 2 is 2.24 bits per heavy atom. The van der Waals surface area contributed by atoms with Gasteiger partial charge >= 0.3 is 0 Å². The molecule has 6 nitrogen and oxygen atoms in total. The minimum absolute atomic E-state index is 0.00250. The molecular formula is C15H21N3O3. The fraction of sp³-hybridized carbons (Fsp3) is 0.467. The fourth-order valence-corrected chi connectivity index (χ4v) is 2.56. The van der Waals surface area contributed by atoms with E-state index in [9.17, 15) is 9.59 Å². The summed E-state index contributed by atoms with van der Waals surface area (Å²) in [6, 6.07) is 5.28. The Hall–Kier alpha value is -2.08. The van der Waals surface area contributed by atoms with E-state index in [4.69, 9.17) is 10.5 Å². The summed E-state index contributed by atoms with van der Waals surface area (Å²) < 4.78 is 5.25. The molecule has 1 atom stereocenters. The van der Waals surface area contributed by atoms with Crippen molar-refractivity contribution in [1.29, 1.82) is 0 Å². The van der Waals surface area contributed by atoms with Crippen molar-refractivity contribution in [2.75, 3.05) is 26.7 Å². The molecule has 0 spiro atoms. The smallest absolute Gasteiger partial charge is 0.254 e. The summed E-state index contributed by atoms with van der Waals surface area (Å²) in [5, 5.41) is 3.19. The molecule has 1 aromatic rings. The maximum atomic E-state index is 12.7. The summed E-state index contributed by atoms with van der Waals surface area (Å²) >= 11 is 0. The van der Waals surface area contributed by atoms with E-state index in [0.717, 1.165) is 18.5 Å². The molecule has 21 heavy (non-hydrogen) atoms. The van der Waals surface area contributed by atoms with Crippen molar-refractivity contribution >= 4 is 11.8 Å². The third kappa shape index (κ3) is 3.52. The van der Waals surface area contributed by atoms with Gasteiger partial charge in [0.15, 0.2) is 0 Å². The number of primary amides is 1. The number of nitrogens with zero attached hydrogens (tertiary/aromatic N) is 1. The van der Waals surface area contributed by atoms with Crippen LogP contribution in [0.15, 0.2) is 18.2 Å². The second kappa shape index (κ2) is 6.58. The summed E-state index contributed by atoms with van der Waals surface area (Å²) in [5.41, 5.74) is 6.74. The van der Waals surface area contributed by atoms with E-state index in [-0.39, 0.29) is 18.5 Å². The predicted molar refractivity (Wildman–Crippen MR) is 79.2 cm³/mol. The van der Waals surface area contributed by atoms with Crippen LogP contribution in [-0.4, -0.2) is 49.5 Å². The van der Waals surface area contributed by atoms with E-state index in [1.54, 1.807) is 24.1 Å². The number of benzene rings is 1. The number of amides is 2. The van der Waals surface area contributed by atoms with Crippen LogP contribution in [0, 0.1) is 6.92 Å². The highest BCUT2D eigenvalue weighted by molar-refractivity contribution is 5.97. The first-order chi connectivity index (χ1) is 10.0. The van der Waals surface area contributed by atoms with Gasteiger partial charge in [-0.25, -0.2) is 0 Å². The number of methoxy groups -OCH3 is 1. The Kier molecular flexibility index (Phi) is 4.80. The van der Waals surface area contributed by atoms with Gasteiger partial charge in [0.2, 0.25) is 5.91 Å². The van der Waals surface area contributed by atoms with Gasteiger partial charge in [-0.1, -0.05) is 6.07 Å². The van der Waals surface area contributed by atoms with Crippen molar-refractivity contribution < 1.29 is 14.3 Å². The number of carbonyl (C=O) groups excluding carboxylic acids is 2. The Bertz CT molecular complexity index is 539. The van der Waals surface area contributed by atoms with Gasteiger partial charge < -0.3 is 20.7 Å². The first-order valence-corrected chi connectivity index (χ1v) is 6.97. The zero-order chi connectivity index (χ0) is 15.4. The molecule has 6 heteroatoms. The van der Waals surface area contributed by atoms with E-state index >= 15 is 0 Å². The molecular weight excluding hydrogens is 270 g/mol. The Balaban J connectivity index is 2.26. The first-order valence-electron chi connectivity index (χ1n) is 6.97. The molecule has 1 aliphatic rings. The standard InChI is InChI=1S/C15H21N3O3/c1-10-3-4-11(7-13(10)21-2)15(20)18(9-14(16)19)12-5-6-17-8-12/h3-4,7,12,17H,5-6,8-9H2,1-2H3,(H2,16,19). The zero-order valence-corrected chi connectivity index (χ0v) is 12.4. The van der Waals surface area contributed by atoms with Gasteiger partial charge in [-0.05, 0) is 37.6 Å². The molecule has 2 rings (SSSR count). The molecule has 1 aliphatic heterocycles. The van der Waals surface area contributed by atoms with Gasteiger partial charge in [-0.15, -0.1) is 0 Å². The largest absolute Gasteiger partial charge is 0.496 e. The van der Waals surface area contributed by atoms with Crippen LogP contribution < -0.4 is 15.8 Å². The number of rotatable bonds is 5. The van der Waals surface area contributed by atoms with Crippen LogP contribution in [0.25, 0.3) is 0 Å². The Morgan fingerprint density at radius 1 is 1.48 bits per heavy atom. The average Bonchev–Trinajstić information content (AvgIpc) is 2.98. The monoisotopic (exact) mass is 291 g/mol. The molecule has 1 fully saturated rings. The van der Waals surface area contributed by atoms with Crippen molar-refractivity contribution in [3.05, 3.63) is 29.3 Å². The van der Waals surface area contributed by atoms with Crippen molar-refractivity contribution in [2.24, 2.45) is 5.73 Å². The number of nitrogens with two attached hydrogens (primary N) is 1. The lowest BCUT2D eigenvalue weighted by Gasteiger charge is -2.27. The summed E-state index contributed by atoms with van der Waals surface area (Å²) in [7, 11) is 1.57. The molecule has 1 saturated heterocycles. The van der Waals surface area contributed by atoms with E-state index in [0.29, 0.717) is 17.9 Å². The molecule has 1 aromatic carbocycles. The first kappa shape index (κ1) is 15.3. The molecule has 0 radical (unpaired) electrons. The summed E-state index contributed by atoms with van der Waals surface area (Å²) in [6.45, 7) is 3.36. The Morgan fingerprint density at radius 3 is 2.81 bits per heavy atom. The van der Waals surface area contributed by atoms with Gasteiger partial charge in [0.25, 0.3) is 5.91 Å². The summed E-state index contributed by atoms with van der Waals surface area (Å²) in [6.07, 6.45) is 0.821. The van der Waals surface area contributed by atoms with Crippen LogP contribution in [-0.2, 0) is 4.79 Å². The summed E-state index contributed by atoms with van der Waals surface area (Å²) in [4.78, 5) is 25.5. The van der Waals surface area contributed by atoms with Gasteiger partial charge in [0.05, 0.1) is 13.7 Å². The molecule has 0 saturated carbocycles. The van der Waals surface area contributed by atoms with Crippen molar-refractivity contribution in [1.82, 2.24) is 10.2 Å². The van der Waals surface area contributed by atoms with Crippen LogP contribution in [0.4, 0.5) is 0 Å². The van der Waals surface area contributed by atoms with Crippen LogP contribution in [0.2, 0.25) is 0 Å². The Labute approximate surface area is 124 Å². The second-order valence-electron chi connectivity index (χ2n) is 5.23. The van der Waals surface area contributed by atoms with Gasteiger partial charge in [-0.2, -0.15) is 0 Å². The number of aryl methyl sites for hydroxylation is 1. The lowest BCUT2D eigenvalue weighted by atomic mass is 10.1. The van der Waals surface area contributed by atoms with Crippen LogP contribution >= 0.6 is 0 Å². The summed E-state index contributed by atoms with van der Waals surface area (Å²) in [5.74, 6) is -0.0421. The lowest BCUT2D eigenvalue weighted by molar-refractivity contribution is -0.119. The molecule has 3 N–H and O–H groups in total. The maximum absolute atomic E-state index is 12.7. The highest BCUT2D eigenvalue weighted by Gasteiger charge is 2.28. The molecule has 1 heterocycles. The number of hydrogen-bond donors (Lipinski definition) is 2. The zero-order valence-electron chi connectivity index (χ0n) is 12.4. The minimum atomic E-state index is -0.505. The third-order valence-corrected chi connectivity index (χ3v) is 3.72. The number of carbonyl (C=O) groups is 2. The van der Waals surface area contributed by atoms with Crippen LogP contribution in [0.5, 0.6) is 5.75 Å². The molecule has 0 bridgehead atoms. The lowest BCUT2D eigenvalue weighted by Crippen LogP contribution is -2.46. The number of nitrogens with one attached hydrogen (secondary N) is 1. The molecule has 2 amide bonds. The van der Waals surface area contributed by atoms with E-state index in [1.165, 1.54) is 0 Å². The van der Waals surface area contributed by atoms with E-state index in [2.05, 4.69) is 5.32 Å². The molecule has 0 aromatic heterocycles. The quantitative estimate of drug-likeness (QED) is 0.817. The van der Waals surface area contributed by atoms with Crippen LogP contribution in [0.3, 0.4) is 0 Å². The van der Waals surface area contributed by atoms with Crippen molar-refractivity contribution in [3.8, 4) is 5.75 Å². The maximum Gasteiger partial charge on any atom is 0.254 e. The second-order valence-corrected chi connectivity index (χ2v) is 5.23. The highest BCUT2D eigenvalue weighted by atomic mass is 16.5. The van der Waals surface area contributed by atoms with Gasteiger partial charge in [-0.3, -0.25) is 9.59 Å². The molecule has 0 aliphatic carbocycles. The molecule has 1 unspecified atom stereocenters. The average molecular weight is 291 g/mol. The topological polar surface area (TPSA) is 84.7 Å². The third-order valence-electron chi connectivity index (χ3n) is 3.72. The number of ether oxygens (including phenoxy) is 1. The van der Waals surface area contributed by atoms with Gasteiger partial charge in [0.1, 0.15) is 5.75 Å². The highest BCUT2D eigenvalue weighted by Crippen LogP contribution is 2.21. The predicted octanol–water partition coefficient (Wildman–Crippen LogP) is 0.293. The molecule has 114 valence electrons. The fourth-order valence-electron chi connectivity index (χ4n) is 2.56. The van der Waals surface area contributed by atoms with E-state index in [1.807, 2.05) is 13.0 Å². The van der Waals surface area contributed by atoms with E-state index < -0.39 is 5.91 Å². The SMILES string of the molecule is COc1cc(C(=O)N(CC(N)=O)C2CCNC2)ccc1C. The number of hydrogen-bond acceptors (Lipinski definition) is 4. The van der Waals surface area contributed by atoms with Crippen molar-refractivity contribution in [2.45, 2.75) is 19.4 Å².